The van der Waals surface area contributed by atoms with Crippen LogP contribution in [0.2, 0.25) is 0 Å². The van der Waals surface area contributed by atoms with E-state index in [1.807, 2.05) is 0 Å². The molecular formula is C44H80N2O4. The fraction of sp³-hybridized carbons (Fsp3) is 0.955. The maximum atomic E-state index is 13.6. The Kier molecular flexibility index (Phi) is 14.9. The Morgan fingerprint density at radius 1 is 0.820 bits per heavy atom. The maximum absolute atomic E-state index is 13.6. The second kappa shape index (κ2) is 18.0. The summed E-state index contributed by atoms with van der Waals surface area (Å²) in [4.78, 5) is 25.6. The van der Waals surface area contributed by atoms with E-state index >= 15 is 0 Å². The molecule has 4 rings (SSSR count). The van der Waals surface area contributed by atoms with E-state index in [1.54, 1.807) is 0 Å². The van der Waals surface area contributed by atoms with Crippen molar-refractivity contribution in [3.63, 3.8) is 0 Å². The number of fused-ring (bicyclic) bond motifs is 3. The zero-order valence-electron chi connectivity index (χ0n) is 34.0. The Labute approximate surface area is 308 Å². The van der Waals surface area contributed by atoms with Crippen LogP contribution in [0.25, 0.3) is 0 Å². The molecule has 0 saturated heterocycles. The van der Waals surface area contributed by atoms with Crippen molar-refractivity contribution < 1.29 is 19.4 Å². The van der Waals surface area contributed by atoms with Gasteiger partial charge in [0.05, 0.1) is 6.61 Å². The van der Waals surface area contributed by atoms with E-state index in [-0.39, 0.29) is 34.4 Å². The summed E-state index contributed by atoms with van der Waals surface area (Å²) in [5.74, 6) is 3.98. The van der Waals surface area contributed by atoms with Gasteiger partial charge in [0.1, 0.15) is 0 Å². The fourth-order valence-electron chi connectivity index (χ4n) is 12.0. The lowest BCUT2D eigenvalue weighted by molar-refractivity contribution is -0.136. The zero-order valence-corrected chi connectivity index (χ0v) is 34.0. The molecule has 2 amide bonds. The van der Waals surface area contributed by atoms with Crippen LogP contribution in [0.5, 0.6) is 0 Å². The van der Waals surface area contributed by atoms with Crippen LogP contribution >= 0.6 is 0 Å². The first-order chi connectivity index (χ1) is 23.6. The highest BCUT2D eigenvalue weighted by Gasteiger charge is 2.57. The molecule has 0 spiro atoms. The van der Waals surface area contributed by atoms with E-state index in [4.69, 9.17) is 4.74 Å². The van der Waals surface area contributed by atoms with Gasteiger partial charge in [-0.1, -0.05) is 126 Å². The summed E-state index contributed by atoms with van der Waals surface area (Å²) in [6.45, 7) is 19.4. The molecule has 0 aliphatic heterocycles. The van der Waals surface area contributed by atoms with Crippen LogP contribution in [0.15, 0.2) is 0 Å². The second-order valence-corrected chi connectivity index (χ2v) is 19.9. The minimum absolute atomic E-state index is 0.0202. The predicted molar refractivity (Wildman–Crippen MR) is 207 cm³/mol. The highest BCUT2D eigenvalue weighted by molar-refractivity contribution is 5.68. The van der Waals surface area contributed by atoms with Crippen molar-refractivity contribution in [1.82, 2.24) is 10.6 Å². The average molecular weight is 701 g/mol. The number of carboxylic acid groups (broad SMARTS) is 1. The number of carbonyl (C=O) groups is 2. The first kappa shape index (κ1) is 41.3. The van der Waals surface area contributed by atoms with Crippen molar-refractivity contribution in [3.05, 3.63) is 0 Å². The molecule has 4 aliphatic carbocycles. The Balaban J connectivity index is 1.30. The fourth-order valence-corrected chi connectivity index (χ4v) is 12.0. The molecule has 4 fully saturated rings. The van der Waals surface area contributed by atoms with Gasteiger partial charge < -0.3 is 20.5 Å². The summed E-state index contributed by atoms with van der Waals surface area (Å²) in [7, 11) is 0. The van der Waals surface area contributed by atoms with Gasteiger partial charge in [-0.3, -0.25) is 0 Å². The molecule has 0 aromatic heterocycles. The van der Waals surface area contributed by atoms with Gasteiger partial charge in [0, 0.05) is 17.5 Å². The number of unbranched alkanes of at least 4 members (excludes halogenated alkanes) is 9. The minimum Gasteiger partial charge on any atom is -0.465 e. The number of rotatable bonds is 17. The van der Waals surface area contributed by atoms with E-state index in [9.17, 15) is 14.7 Å². The van der Waals surface area contributed by atoms with Crippen LogP contribution in [0, 0.1) is 51.2 Å². The monoisotopic (exact) mass is 701 g/mol. The van der Waals surface area contributed by atoms with Crippen LogP contribution in [-0.2, 0) is 4.74 Å². The smallest absolute Gasteiger partial charge is 0.407 e. The molecule has 0 aromatic rings. The average Bonchev–Trinajstić information content (AvgIpc) is 3.05. The third kappa shape index (κ3) is 10.4. The molecule has 0 bridgehead atoms. The molecule has 3 N–H and O–H groups in total. The molecule has 50 heavy (non-hydrogen) atoms. The molecular weight excluding hydrogens is 620 g/mol. The van der Waals surface area contributed by atoms with Crippen molar-refractivity contribution in [2.75, 3.05) is 6.61 Å². The van der Waals surface area contributed by atoms with Gasteiger partial charge in [-0.2, -0.15) is 0 Å². The molecule has 290 valence electrons. The lowest BCUT2D eigenvalue weighted by Crippen LogP contribution is -2.57. The van der Waals surface area contributed by atoms with Gasteiger partial charge in [0.2, 0.25) is 0 Å². The van der Waals surface area contributed by atoms with Gasteiger partial charge in [-0.25, -0.2) is 9.59 Å². The van der Waals surface area contributed by atoms with E-state index in [1.165, 1.54) is 96.3 Å². The highest BCUT2D eigenvalue weighted by Crippen LogP contribution is 2.64. The summed E-state index contributed by atoms with van der Waals surface area (Å²) in [5.41, 5.74) is 0.0805. The number of alkyl carbamates (subject to hydrolysis) is 1. The van der Waals surface area contributed by atoms with Crippen molar-refractivity contribution >= 4 is 12.2 Å². The summed E-state index contributed by atoms with van der Waals surface area (Å²) in [5, 5.41) is 16.1. The zero-order chi connectivity index (χ0) is 36.6. The van der Waals surface area contributed by atoms with E-state index in [0.29, 0.717) is 17.9 Å². The molecule has 4 aliphatic rings. The summed E-state index contributed by atoms with van der Waals surface area (Å²) >= 11 is 0. The van der Waals surface area contributed by atoms with Crippen molar-refractivity contribution in [3.8, 4) is 0 Å². The van der Waals surface area contributed by atoms with Crippen LogP contribution in [0.1, 0.15) is 197 Å². The van der Waals surface area contributed by atoms with Gasteiger partial charge in [-0.05, 0) is 116 Å². The first-order valence-corrected chi connectivity index (χ1v) is 21.6. The molecule has 0 heterocycles. The third-order valence-electron chi connectivity index (χ3n) is 15.5. The van der Waals surface area contributed by atoms with E-state index in [0.717, 1.165) is 68.6 Å². The van der Waals surface area contributed by atoms with Crippen LogP contribution < -0.4 is 10.6 Å². The molecule has 4 saturated carbocycles. The molecule has 9 unspecified atom stereocenters. The lowest BCUT2D eigenvalue weighted by Gasteiger charge is -2.61. The quantitative estimate of drug-likeness (QED) is 0.132. The van der Waals surface area contributed by atoms with Crippen LogP contribution in [0.3, 0.4) is 0 Å². The second-order valence-electron chi connectivity index (χ2n) is 19.9. The number of carbonyl (C=O) groups excluding carboxylic acids is 1. The van der Waals surface area contributed by atoms with E-state index in [2.05, 4.69) is 66.0 Å². The Morgan fingerprint density at radius 3 is 2.12 bits per heavy atom. The number of hydrogen-bond acceptors (Lipinski definition) is 3. The third-order valence-corrected chi connectivity index (χ3v) is 15.5. The highest BCUT2D eigenvalue weighted by atomic mass is 16.5. The van der Waals surface area contributed by atoms with Crippen molar-refractivity contribution in [1.29, 1.82) is 0 Å². The number of amides is 2. The summed E-state index contributed by atoms with van der Waals surface area (Å²) in [6, 6.07) is -0.175. The van der Waals surface area contributed by atoms with Crippen molar-refractivity contribution in [2.45, 2.75) is 209 Å². The Morgan fingerprint density at radius 2 is 1.48 bits per heavy atom. The largest absolute Gasteiger partial charge is 0.465 e. The first-order valence-electron chi connectivity index (χ1n) is 21.6. The van der Waals surface area contributed by atoms with Gasteiger partial charge in [-0.15, -0.1) is 0 Å². The number of hydrogen-bond donors (Lipinski definition) is 3. The predicted octanol–water partition coefficient (Wildman–Crippen LogP) is 12.5. The topological polar surface area (TPSA) is 87.7 Å². The van der Waals surface area contributed by atoms with Gasteiger partial charge >= 0.3 is 12.2 Å². The SMILES string of the molecule is CCCCCCCCCCCCC(NC(=O)O)C1(C)CCC(C)(C)C(NC(=O)OCC2(C)CCCC3(C)C4CCC(C(C)C)CC4CCC23)C1. The maximum Gasteiger partial charge on any atom is 0.407 e. The molecule has 6 heteroatoms. The molecule has 0 radical (unpaired) electrons. The lowest BCUT2D eigenvalue weighted by atomic mass is 9.44. The normalized spacial score (nSPS) is 35.8. The molecule has 9 atom stereocenters. The van der Waals surface area contributed by atoms with Crippen LogP contribution in [-0.4, -0.2) is 36.0 Å². The van der Waals surface area contributed by atoms with Crippen molar-refractivity contribution in [2.24, 2.45) is 51.2 Å². The summed E-state index contributed by atoms with van der Waals surface area (Å²) < 4.78 is 6.23. The molecule has 6 nitrogen and oxygen atoms in total. The summed E-state index contributed by atoms with van der Waals surface area (Å²) in [6.07, 6.45) is 25.5. The number of ether oxygens (including phenoxy) is 1. The standard InChI is InChI=1S/C44H80N2O4/c1-9-10-11-12-13-14-15-16-17-18-20-37(45-39(47)48)42(6)28-27-41(4,5)38(30-42)46-40(49)50-31-43(7)25-19-26-44(8)35-23-21-33(32(2)3)29-34(35)22-24-36(43)44/h32-38,45H,9-31H2,1-8H3,(H,46,49)(H,47,48). The number of nitrogens with one attached hydrogen (secondary N) is 2. The van der Waals surface area contributed by atoms with E-state index < -0.39 is 6.09 Å². The van der Waals surface area contributed by atoms with Gasteiger partial charge in [0.15, 0.2) is 0 Å². The Bertz CT molecular complexity index is 1080. The Hall–Kier alpha value is -1.46. The molecule has 0 aromatic carbocycles. The van der Waals surface area contributed by atoms with Crippen LogP contribution in [0.4, 0.5) is 9.59 Å². The minimum atomic E-state index is -0.938. The van der Waals surface area contributed by atoms with Gasteiger partial charge in [0.25, 0.3) is 0 Å².